The van der Waals surface area contributed by atoms with E-state index in [0.29, 0.717) is 40.7 Å². The third-order valence-electron chi connectivity index (χ3n) is 10.6. The average Bonchev–Trinajstić information content (AvgIpc) is 3.30. The number of nitrogens with zero attached hydrogens (tertiary/aromatic N) is 2. The van der Waals surface area contributed by atoms with Crippen molar-refractivity contribution >= 4 is 23.4 Å². The summed E-state index contributed by atoms with van der Waals surface area (Å²) in [5, 5.41) is 11.4. The van der Waals surface area contributed by atoms with Gasteiger partial charge in [-0.2, -0.15) is 0 Å². The van der Waals surface area contributed by atoms with Crippen molar-refractivity contribution in [1.29, 1.82) is 0 Å². The summed E-state index contributed by atoms with van der Waals surface area (Å²) in [6.07, 6.45) is 7.66. The van der Waals surface area contributed by atoms with Crippen molar-refractivity contribution in [2.75, 3.05) is 13.1 Å². The summed E-state index contributed by atoms with van der Waals surface area (Å²) in [5.41, 5.74) is 4.50. The lowest BCUT2D eigenvalue weighted by molar-refractivity contribution is -0.144. The Kier molecular flexibility index (Phi) is 7.52. The van der Waals surface area contributed by atoms with Gasteiger partial charge < -0.3 is 5.11 Å². The summed E-state index contributed by atoms with van der Waals surface area (Å²) in [6, 6.07) is 15.6. The van der Waals surface area contributed by atoms with E-state index in [0.717, 1.165) is 38.0 Å². The van der Waals surface area contributed by atoms with Gasteiger partial charge in [0.15, 0.2) is 11.6 Å². The third kappa shape index (κ3) is 4.85. The quantitative estimate of drug-likeness (QED) is 0.277. The van der Waals surface area contributed by atoms with Crippen LogP contribution in [0.15, 0.2) is 95.6 Å². The molecule has 3 aliphatic carbocycles. The van der Waals surface area contributed by atoms with Gasteiger partial charge >= 0.3 is 0 Å². The van der Waals surface area contributed by atoms with Crippen LogP contribution in [0.5, 0.6) is 5.75 Å². The maximum absolute atomic E-state index is 14.3. The summed E-state index contributed by atoms with van der Waals surface area (Å²) >= 11 is 0. The molecule has 7 rings (SSSR count). The highest BCUT2D eigenvalue weighted by Crippen LogP contribution is 2.56. The maximum Gasteiger partial charge on any atom is 0.233 e. The number of hydrogen-bond donors (Lipinski definition) is 1. The van der Waals surface area contributed by atoms with E-state index in [1.165, 1.54) is 11.6 Å². The van der Waals surface area contributed by atoms with Gasteiger partial charge in [0.05, 0.1) is 11.8 Å². The first kappa shape index (κ1) is 29.4. The highest BCUT2D eigenvalue weighted by Gasteiger charge is 2.57. The molecule has 7 nitrogen and oxygen atoms in total. The van der Waals surface area contributed by atoms with Crippen molar-refractivity contribution in [1.82, 2.24) is 9.80 Å². The Hall–Kier alpha value is -4.36. The average molecular weight is 603 g/mol. The molecule has 2 heterocycles. The highest BCUT2D eigenvalue weighted by atomic mass is 16.3. The number of allylic oxidation sites excluding steroid dienone is 7. The number of phenolic OH excluding ortho intramolecular Hbond substituents is 1. The molecule has 4 unspecified atom stereocenters. The molecule has 4 atom stereocenters. The number of phenols is 1. The van der Waals surface area contributed by atoms with Crippen molar-refractivity contribution in [2.45, 2.75) is 57.5 Å². The van der Waals surface area contributed by atoms with E-state index in [1.54, 1.807) is 24.0 Å². The molecule has 45 heavy (non-hydrogen) atoms. The minimum Gasteiger partial charge on any atom is -0.507 e. The fourth-order valence-electron chi connectivity index (χ4n) is 8.44. The molecule has 0 aromatic heterocycles. The van der Waals surface area contributed by atoms with Crippen LogP contribution in [0.1, 0.15) is 55.2 Å². The van der Waals surface area contributed by atoms with Crippen LogP contribution < -0.4 is 0 Å². The third-order valence-corrected chi connectivity index (χ3v) is 10.6. The number of hydrogen-bond acceptors (Lipinski definition) is 6. The molecule has 2 aliphatic heterocycles. The van der Waals surface area contributed by atoms with Crippen LogP contribution in [-0.4, -0.2) is 57.4 Å². The highest BCUT2D eigenvalue weighted by molar-refractivity contribution is 6.24. The summed E-state index contributed by atoms with van der Waals surface area (Å²) in [4.78, 5) is 59.3. The molecule has 0 saturated carbocycles. The number of carbonyl (C=O) groups excluding carboxylic acids is 4. The van der Waals surface area contributed by atoms with Gasteiger partial charge in [0.2, 0.25) is 11.8 Å². The van der Waals surface area contributed by atoms with Gasteiger partial charge in [-0.1, -0.05) is 66.3 Å². The van der Waals surface area contributed by atoms with Gasteiger partial charge in [-0.3, -0.25) is 29.0 Å². The number of Topliss-reactive ketones (excluding diaryl/α,β-unsaturated/α-hetero) is 1. The first-order valence-electron chi connectivity index (χ1n) is 16.0. The number of amides is 2. The molecule has 7 heteroatoms. The van der Waals surface area contributed by atoms with Crippen LogP contribution in [0.4, 0.5) is 0 Å². The van der Waals surface area contributed by atoms with Gasteiger partial charge in [0.25, 0.3) is 0 Å². The number of aromatic hydroxyl groups is 1. The fourth-order valence-corrected chi connectivity index (χ4v) is 8.44. The second-order valence-electron chi connectivity index (χ2n) is 13.1. The molecular formula is C38H38N2O5. The van der Waals surface area contributed by atoms with Gasteiger partial charge in [0.1, 0.15) is 5.75 Å². The minimum absolute atomic E-state index is 0.0723. The van der Waals surface area contributed by atoms with E-state index in [1.807, 2.05) is 36.4 Å². The van der Waals surface area contributed by atoms with Gasteiger partial charge in [0, 0.05) is 53.9 Å². The SMILES string of the molecule is C=CCc1cccc(C2C3=CCC4C(=O)N(C5CCN(Cc6ccccc6)CC5)C(=O)C4C3CC3=C2C(=O)C(C)=CC3=O)c1O. The number of likely N-dealkylation sites (tertiary alicyclic amines) is 2. The van der Waals surface area contributed by atoms with Crippen LogP contribution in [-0.2, 0) is 32.1 Å². The van der Waals surface area contributed by atoms with Gasteiger partial charge in [-0.05, 0) is 62.1 Å². The number of ketones is 2. The van der Waals surface area contributed by atoms with Crippen LogP contribution in [0, 0.1) is 17.8 Å². The van der Waals surface area contributed by atoms with E-state index in [2.05, 4.69) is 23.6 Å². The summed E-state index contributed by atoms with van der Waals surface area (Å²) in [6.45, 7) is 7.91. The zero-order valence-corrected chi connectivity index (χ0v) is 25.6. The van der Waals surface area contributed by atoms with E-state index in [4.69, 9.17) is 0 Å². The molecule has 0 spiro atoms. The Morgan fingerprint density at radius 1 is 0.956 bits per heavy atom. The Morgan fingerprint density at radius 3 is 2.44 bits per heavy atom. The van der Waals surface area contributed by atoms with Crippen molar-refractivity contribution in [3.05, 3.63) is 112 Å². The number of imide groups is 1. The van der Waals surface area contributed by atoms with Crippen LogP contribution >= 0.6 is 0 Å². The molecule has 230 valence electrons. The second kappa shape index (κ2) is 11.5. The molecule has 0 radical (unpaired) electrons. The lowest BCUT2D eigenvalue weighted by Crippen LogP contribution is -2.47. The smallest absolute Gasteiger partial charge is 0.233 e. The van der Waals surface area contributed by atoms with E-state index >= 15 is 0 Å². The Bertz CT molecular complexity index is 1710. The van der Waals surface area contributed by atoms with Crippen molar-refractivity contribution < 1.29 is 24.3 Å². The Balaban J connectivity index is 1.20. The van der Waals surface area contributed by atoms with Crippen molar-refractivity contribution in [3.63, 3.8) is 0 Å². The summed E-state index contributed by atoms with van der Waals surface area (Å²) < 4.78 is 0. The first-order valence-corrected chi connectivity index (χ1v) is 16.0. The Morgan fingerprint density at radius 2 is 1.71 bits per heavy atom. The maximum atomic E-state index is 14.3. The monoisotopic (exact) mass is 602 g/mol. The molecule has 2 fully saturated rings. The fraction of sp³-hybridized carbons (Fsp3) is 0.368. The second-order valence-corrected chi connectivity index (χ2v) is 13.1. The topological polar surface area (TPSA) is 95.0 Å². The molecule has 2 amide bonds. The van der Waals surface area contributed by atoms with Gasteiger partial charge in [-0.15, -0.1) is 6.58 Å². The predicted octanol–water partition coefficient (Wildman–Crippen LogP) is 5.21. The molecule has 5 aliphatic rings. The van der Waals surface area contributed by atoms with Crippen molar-refractivity contribution in [2.24, 2.45) is 17.8 Å². The number of para-hydroxylation sites is 1. The number of piperidine rings is 1. The number of fused-ring (bicyclic) bond motifs is 3. The lowest BCUT2D eigenvalue weighted by atomic mass is 9.59. The van der Waals surface area contributed by atoms with Crippen LogP contribution in [0.25, 0.3) is 0 Å². The predicted molar refractivity (Wildman–Crippen MR) is 170 cm³/mol. The van der Waals surface area contributed by atoms with E-state index < -0.39 is 23.7 Å². The molecule has 1 N–H and O–H groups in total. The summed E-state index contributed by atoms with van der Waals surface area (Å²) in [7, 11) is 0. The van der Waals surface area contributed by atoms with Crippen LogP contribution in [0.2, 0.25) is 0 Å². The normalized spacial score (nSPS) is 27.2. The molecule has 0 bridgehead atoms. The molecule has 2 aromatic rings. The lowest BCUT2D eigenvalue weighted by Gasteiger charge is -2.42. The summed E-state index contributed by atoms with van der Waals surface area (Å²) in [5.74, 6) is -2.78. The molecule has 2 aromatic carbocycles. The zero-order valence-electron chi connectivity index (χ0n) is 25.6. The first-order chi connectivity index (χ1) is 21.8. The standard InChI is InChI=1S/C38H38N2O5/c1-3-8-24-11-7-12-27(36(24)43)32-26-13-14-28-33(29(26)20-30-31(41)19-22(2)35(42)34(30)32)38(45)40(37(28)44)25-15-17-39(18-16-25)21-23-9-5-4-6-10-23/h3-7,9-13,19,25,28-29,32-33,43H,1,8,14-18,20-21H2,2H3. The number of benzene rings is 2. The minimum atomic E-state index is -0.664. The van der Waals surface area contributed by atoms with E-state index in [9.17, 15) is 24.3 Å². The zero-order chi connectivity index (χ0) is 31.4. The van der Waals surface area contributed by atoms with E-state index in [-0.39, 0.29) is 41.6 Å². The molecular weight excluding hydrogens is 564 g/mol. The number of rotatable bonds is 6. The largest absolute Gasteiger partial charge is 0.507 e. The van der Waals surface area contributed by atoms with Crippen molar-refractivity contribution in [3.8, 4) is 5.75 Å². The Labute approximate surface area is 263 Å². The molecule has 2 saturated heterocycles. The van der Waals surface area contributed by atoms with Crippen LogP contribution in [0.3, 0.4) is 0 Å². The van der Waals surface area contributed by atoms with Gasteiger partial charge in [-0.25, -0.2) is 0 Å². The number of carbonyl (C=O) groups is 4.